The van der Waals surface area contributed by atoms with Gasteiger partial charge in [-0.25, -0.2) is 0 Å². The molecule has 10 heteroatoms. The Balaban J connectivity index is 1.55. The maximum Gasteiger partial charge on any atom is 0.303 e. The number of carboxylic acid groups (broad SMARTS) is 2. The van der Waals surface area contributed by atoms with Crippen LogP contribution in [-0.2, 0) is 27.2 Å². The van der Waals surface area contributed by atoms with E-state index in [1.54, 1.807) is 6.92 Å². The van der Waals surface area contributed by atoms with Gasteiger partial charge in [-0.1, -0.05) is 73.0 Å². The van der Waals surface area contributed by atoms with E-state index in [2.05, 4.69) is 32.6 Å². The topological polar surface area (TPSA) is 171 Å². The SMILES string of the molecule is C=c1c(-c2ccccc2)c(O)[nH]c1=C=c1[nH]c(=Cc2[nH]c(C=C3NC(=O)C(C)=C3c3ccccc3)c(C)c2CCC(=O)O)c(CCC(=O)O)c1C. The van der Waals surface area contributed by atoms with E-state index >= 15 is 0 Å². The van der Waals surface area contributed by atoms with Crippen molar-refractivity contribution >= 4 is 47.9 Å². The molecule has 0 unspecified atom stereocenters. The molecule has 0 atom stereocenters. The molecule has 0 fully saturated rings. The number of benzene rings is 2. The number of carbonyl (C=O) groups is 3. The number of hydrogen-bond donors (Lipinski definition) is 7. The standard InChI is InChI=1S/C41H38N4O6/c1-22-28(15-17-36(46)47)33(42-30(22)19-32-24(3)39(41(51)44-32)27-13-9-6-10-14-27)21-34-29(16-18-37(48)49)23(2)31(43-34)20-35-38(25(4)40(50)45-35)26-11-7-5-8-12-26/h5-14,20-21,42-44,51H,3,15-18H2,1-2,4H3,(H,45,50)(H,46,47)(H,48,49). The predicted molar refractivity (Wildman–Crippen MR) is 196 cm³/mol. The van der Waals surface area contributed by atoms with Crippen molar-refractivity contribution in [3.8, 4) is 17.0 Å². The molecular weight excluding hydrogens is 644 g/mol. The first-order valence-electron chi connectivity index (χ1n) is 16.5. The molecule has 1 aliphatic heterocycles. The third-order valence-corrected chi connectivity index (χ3v) is 9.31. The van der Waals surface area contributed by atoms with Gasteiger partial charge in [-0.2, -0.15) is 0 Å². The Kier molecular flexibility index (Phi) is 9.53. The molecule has 0 spiro atoms. The fourth-order valence-corrected chi connectivity index (χ4v) is 6.60. The van der Waals surface area contributed by atoms with E-state index in [9.17, 15) is 29.7 Å². The van der Waals surface area contributed by atoms with E-state index in [1.807, 2.05) is 86.7 Å². The zero-order valence-corrected chi connectivity index (χ0v) is 28.5. The van der Waals surface area contributed by atoms with Gasteiger partial charge < -0.3 is 35.6 Å². The zero-order chi connectivity index (χ0) is 36.4. The molecule has 0 radical (unpaired) electrons. The summed E-state index contributed by atoms with van der Waals surface area (Å²) in [5.41, 5.74) is 12.1. The number of hydrogen-bond acceptors (Lipinski definition) is 4. The van der Waals surface area contributed by atoms with Crippen molar-refractivity contribution in [1.82, 2.24) is 20.3 Å². The monoisotopic (exact) mass is 682 g/mol. The highest BCUT2D eigenvalue weighted by Crippen LogP contribution is 2.33. The molecule has 0 saturated carbocycles. The van der Waals surface area contributed by atoms with Crippen molar-refractivity contribution in [2.24, 2.45) is 0 Å². The van der Waals surface area contributed by atoms with Crippen molar-refractivity contribution in [2.45, 2.75) is 46.5 Å². The Morgan fingerprint density at radius 2 is 1.37 bits per heavy atom. The minimum atomic E-state index is -0.944. The van der Waals surface area contributed by atoms with Crippen LogP contribution in [0.5, 0.6) is 5.88 Å². The lowest BCUT2D eigenvalue weighted by Gasteiger charge is -2.07. The Hall–Kier alpha value is -6.51. The summed E-state index contributed by atoms with van der Waals surface area (Å²) in [6.45, 7) is 9.76. The maximum absolute atomic E-state index is 12.8. The largest absolute Gasteiger partial charge is 0.494 e. The fraction of sp³-hybridized carbons (Fsp3) is 0.171. The molecule has 7 N–H and O–H groups in total. The van der Waals surface area contributed by atoms with Gasteiger partial charge in [0.25, 0.3) is 5.91 Å². The van der Waals surface area contributed by atoms with Gasteiger partial charge in [-0.05, 0) is 79.1 Å². The third kappa shape index (κ3) is 6.99. The second-order valence-electron chi connectivity index (χ2n) is 12.6. The maximum atomic E-state index is 12.8. The lowest BCUT2D eigenvalue weighted by Crippen LogP contribution is -2.23. The van der Waals surface area contributed by atoms with E-state index in [4.69, 9.17) is 0 Å². The van der Waals surface area contributed by atoms with Gasteiger partial charge in [0, 0.05) is 45.9 Å². The highest BCUT2D eigenvalue weighted by atomic mass is 16.4. The Bertz CT molecular complexity index is 2510. The molecule has 258 valence electrons. The number of aliphatic carboxylic acids is 2. The first kappa shape index (κ1) is 34.4. The highest BCUT2D eigenvalue weighted by Gasteiger charge is 2.26. The summed E-state index contributed by atoms with van der Waals surface area (Å²) >= 11 is 0. The lowest BCUT2D eigenvalue weighted by molar-refractivity contribution is -0.138. The second kappa shape index (κ2) is 14.2. The van der Waals surface area contributed by atoms with Crippen molar-refractivity contribution in [3.05, 3.63) is 132 Å². The average Bonchev–Trinajstić information content (AvgIpc) is 3.75. The van der Waals surface area contributed by atoms with Gasteiger partial charge in [-0.15, -0.1) is 0 Å². The number of rotatable bonds is 10. The number of nitrogens with one attached hydrogen (secondary N) is 4. The number of aromatic amines is 3. The Morgan fingerprint density at radius 1 is 0.765 bits per heavy atom. The summed E-state index contributed by atoms with van der Waals surface area (Å²) < 4.78 is 0. The number of aromatic nitrogens is 3. The van der Waals surface area contributed by atoms with Crippen LogP contribution in [0, 0.1) is 13.8 Å². The van der Waals surface area contributed by atoms with E-state index in [-0.39, 0.29) is 37.5 Å². The molecule has 0 saturated heterocycles. The van der Waals surface area contributed by atoms with Gasteiger partial charge >= 0.3 is 11.9 Å². The quantitative estimate of drug-likeness (QED) is 0.119. The summed E-state index contributed by atoms with van der Waals surface area (Å²) in [5, 5.41) is 35.1. The molecule has 1 amide bonds. The van der Waals surface area contributed by atoms with Crippen LogP contribution in [-0.4, -0.2) is 48.1 Å². The molecule has 0 aliphatic carbocycles. The van der Waals surface area contributed by atoms with Crippen molar-refractivity contribution < 1.29 is 29.7 Å². The van der Waals surface area contributed by atoms with Crippen LogP contribution in [0.25, 0.3) is 41.2 Å². The molecule has 5 aromatic rings. The highest BCUT2D eigenvalue weighted by molar-refractivity contribution is 6.12. The van der Waals surface area contributed by atoms with Crippen LogP contribution < -0.4 is 26.6 Å². The number of carbonyl (C=O) groups excluding carboxylic acids is 1. The van der Waals surface area contributed by atoms with Crippen LogP contribution in [0.2, 0.25) is 0 Å². The molecule has 1 aliphatic rings. The minimum absolute atomic E-state index is 0.0405. The Morgan fingerprint density at radius 3 is 2.00 bits per heavy atom. The normalized spacial score (nSPS) is 14.0. The molecule has 10 nitrogen and oxygen atoms in total. The van der Waals surface area contributed by atoms with Crippen LogP contribution in [0.4, 0.5) is 0 Å². The number of allylic oxidation sites excluding steroid dienone is 1. The number of H-pyrrole nitrogens is 3. The fourth-order valence-electron chi connectivity index (χ4n) is 6.60. The summed E-state index contributed by atoms with van der Waals surface area (Å²) in [5.74, 6) is -2.11. The van der Waals surface area contributed by atoms with Gasteiger partial charge in [0.1, 0.15) is 0 Å². The van der Waals surface area contributed by atoms with Gasteiger partial charge in [0.2, 0.25) is 0 Å². The smallest absolute Gasteiger partial charge is 0.303 e. The van der Waals surface area contributed by atoms with Crippen molar-refractivity contribution in [3.63, 3.8) is 0 Å². The first-order valence-corrected chi connectivity index (χ1v) is 16.5. The minimum Gasteiger partial charge on any atom is -0.494 e. The summed E-state index contributed by atoms with van der Waals surface area (Å²) in [6.07, 6.45) is 3.98. The molecule has 2 aromatic carbocycles. The molecule has 0 bridgehead atoms. The predicted octanol–water partition coefficient (Wildman–Crippen LogP) is 3.63. The summed E-state index contributed by atoms with van der Waals surface area (Å²) in [4.78, 5) is 46.0. The number of amides is 1. The summed E-state index contributed by atoms with van der Waals surface area (Å²) in [6, 6.07) is 19.0. The van der Waals surface area contributed by atoms with E-state index < -0.39 is 11.9 Å². The van der Waals surface area contributed by atoms with Crippen LogP contribution >= 0.6 is 0 Å². The number of aromatic hydroxyl groups is 1. The Labute approximate surface area is 293 Å². The summed E-state index contributed by atoms with van der Waals surface area (Å²) in [7, 11) is 0. The average molecular weight is 683 g/mol. The van der Waals surface area contributed by atoms with Gasteiger partial charge in [0.15, 0.2) is 5.88 Å². The van der Waals surface area contributed by atoms with Crippen LogP contribution in [0.3, 0.4) is 0 Å². The third-order valence-electron chi connectivity index (χ3n) is 9.31. The van der Waals surface area contributed by atoms with Crippen LogP contribution in [0.1, 0.15) is 59.0 Å². The van der Waals surface area contributed by atoms with E-state index in [0.717, 1.165) is 39.0 Å². The molecule has 51 heavy (non-hydrogen) atoms. The van der Waals surface area contributed by atoms with Gasteiger partial charge in [-0.3, -0.25) is 14.4 Å². The van der Waals surface area contributed by atoms with Crippen LogP contribution in [0.15, 0.2) is 71.9 Å². The second-order valence-corrected chi connectivity index (χ2v) is 12.6. The number of carboxylic acids is 2. The molecule has 4 heterocycles. The molecular formula is C41H38N4O6. The first-order chi connectivity index (χ1) is 24.4. The zero-order valence-electron chi connectivity index (χ0n) is 28.5. The molecule has 3 aromatic heterocycles. The van der Waals surface area contributed by atoms with E-state index in [0.29, 0.717) is 49.5 Å². The van der Waals surface area contributed by atoms with Crippen molar-refractivity contribution in [2.75, 3.05) is 0 Å². The molecule has 6 rings (SSSR count). The van der Waals surface area contributed by atoms with E-state index in [1.165, 1.54) is 0 Å². The van der Waals surface area contributed by atoms with Crippen molar-refractivity contribution in [1.29, 1.82) is 0 Å². The lowest BCUT2D eigenvalue weighted by atomic mass is 9.99. The van der Waals surface area contributed by atoms with Gasteiger partial charge in [0.05, 0.1) is 22.0 Å².